The molecule has 0 aromatic carbocycles. The molecule has 1 atom stereocenters. The van der Waals surface area contributed by atoms with E-state index in [1.54, 1.807) is 0 Å². The predicted octanol–water partition coefficient (Wildman–Crippen LogP) is 2.43. The molecule has 0 aliphatic carbocycles. The van der Waals surface area contributed by atoms with Crippen LogP contribution in [0.15, 0.2) is 0 Å². The van der Waals surface area contributed by atoms with Crippen molar-refractivity contribution in [2.45, 2.75) is 23.2 Å². The molecule has 0 saturated heterocycles. The van der Waals surface area contributed by atoms with E-state index >= 15 is 0 Å². The summed E-state index contributed by atoms with van der Waals surface area (Å²) < 4.78 is 3.28. The van der Waals surface area contributed by atoms with Gasteiger partial charge in [-0.25, -0.2) is 0 Å². The van der Waals surface area contributed by atoms with Gasteiger partial charge in [0.25, 0.3) is 0 Å². The highest BCUT2D eigenvalue weighted by molar-refractivity contribution is 6.68. The van der Waals surface area contributed by atoms with E-state index < -0.39 is 21.4 Å². The number of nitrogens with zero attached hydrogens (tertiary/aromatic N) is 1. The third kappa shape index (κ3) is 6.32. The third-order valence-corrected chi connectivity index (χ3v) is 1.93. The number of hydrogen-bond acceptors (Lipinski definition) is 3. The summed E-state index contributed by atoms with van der Waals surface area (Å²) >= 11 is 16.4. The van der Waals surface area contributed by atoms with Crippen LogP contribution in [0.3, 0.4) is 0 Å². The van der Waals surface area contributed by atoms with Crippen LogP contribution in [0.5, 0.6) is 0 Å². The molecule has 0 aromatic heterocycles. The van der Waals surface area contributed by atoms with Crippen LogP contribution in [0.1, 0.15) is 13.3 Å². The second kappa shape index (κ2) is 5.86. The Hall–Kier alpha value is 0.230. The number of hydrogen-bond donors (Lipinski definition) is 0. The molecule has 78 valence electrons. The van der Waals surface area contributed by atoms with Gasteiger partial charge in [0.15, 0.2) is 6.10 Å². The van der Waals surface area contributed by atoms with E-state index in [9.17, 15) is 10.1 Å². The Labute approximate surface area is 91.2 Å². The highest BCUT2D eigenvalue weighted by Gasteiger charge is 2.37. The number of nitro groups is 1. The first-order valence-electron chi connectivity index (χ1n) is 3.68. The predicted molar refractivity (Wildman–Crippen MR) is 52.2 cm³/mol. The van der Waals surface area contributed by atoms with E-state index in [4.69, 9.17) is 39.5 Å². The van der Waals surface area contributed by atoms with Crippen molar-refractivity contribution in [3.63, 3.8) is 0 Å². The zero-order valence-electron chi connectivity index (χ0n) is 7.00. The molecule has 0 rings (SSSR count). The molecule has 0 aliphatic rings. The second-order valence-corrected chi connectivity index (χ2v) is 4.79. The highest BCUT2D eigenvalue weighted by atomic mass is 35.6. The lowest BCUT2D eigenvalue weighted by Gasteiger charge is -2.20. The average Bonchev–Trinajstić information content (AvgIpc) is 1.95. The maximum atomic E-state index is 10.2. The van der Waals surface area contributed by atoms with Crippen molar-refractivity contribution in [2.24, 2.45) is 0 Å². The highest BCUT2D eigenvalue weighted by Crippen LogP contribution is 2.32. The lowest BCUT2D eigenvalue weighted by atomic mass is 10.4. The summed E-state index contributed by atoms with van der Waals surface area (Å²) in [7, 11) is 0. The number of ether oxygens (including phenoxy) is 1. The lowest BCUT2D eigenvalue weighted by molar-refractivity contribution is -0.491. The van der Waals surface area contributed by atoms with Gasteiger partial charge in [-0.2, -0.15) is 0 Å². The van der Waals surface area contributed by atoms with Crippen molar-refractivity contribution in [1.82, 2.24) is 0 Å². The number of rotatable bonds is 5. The molecule has 0 bridgehead atoms. The standard InChI is InChI=1S/C6H10Cl3NO3/c1-2-3-13-5(4-10(11)12)6(7,8)9/h5H,2-4H2,1H3/t5-/m0/s1. The van der Waals surface area contributed by atoms with Gasteiger partial charge in [-0.15, -0.1) is 0 Å². The van der Waals surface area contributed by atoms with E-state index in [2.05, 4.69) is 0 Å². The molecule has 0 aromatic rings. The molecular weight excluding hydrogens is 240 g/mol. The first-order chi connectivity index (χ1) is 5.88. The Kier molecular flexibility index (Phi) is 5.96. The maximum absolute atomic E-state index is 10.2. The molecule has 0 N–H and O–H groups in total. The van der Waals surface area contributed by atoms with Gasteiger partial charge in [0, 0.05) is 11.5 Å². The Morgan fingerprint density at radius 1 is 1.54 bits per heavy atom. The molecular formula is C6H10Cl3NO3. The smallest absolute Gasteiger partial charge is 0.233 e. The molecule has 0 unspecified atom stereocenters. The summed E-state index contributed by atoms with van der Waals surface area (Å²) in [5.74, 6) is 0. The van der Waals surface area contributed by atoms with Gasteiger partial charge in [0.2, 0.25) is 10.3 Å². The van der Waals surface area contributed by atoms with Gasteiger partial charge in [-0.1, -0.05) is 41.7 Å². The first kappa shape index (κ1) is 13.2. The van der Waals surface area contributed by atoms with Crippen molar-refractivity contribution in [1.29, 1.82) is 0 Å². The van der Waals surface area contributed by atoms with E-state index in [-0.39, 0.29) is 0 Å². The van der Waals surface area contributed by atoms with Crippen molar-refractivity contribution in [3.8, 4) is 0 Å². The average molecular weight is 251 g/mol. The quantitative estimate of drug-likeness (QED) is 0.428. The molecule has 4 nitrogen and oxygen atoms in total. The van der Waals surface area contributed by atoms with Gasteiger partial charge in [-0.05, 0) is 6.42 Å². The first-order valence-corrected chi connectivity index (χ1v) is 4.81. The zero-order valence-corrected chi connectivity index (χ0v) is 9.27. The van der Waals surface area contributed by atoms with E-state index in [1.807, 2.05) is 6.92 Å². The Morgan fingerprint density at radius 2 is 2.08 bits per heavy atom. The van der Waals surface area contributed by atoms with Gasteiger partial charge in [0.1, 0.15) is 0 Å². The van der Waals surface area contributed by atoms with Crippen molar-refractivity contribution in [3.05, 3.63) is 10.1 Å². The third-order valence-electron chi connectivity index (χ3n) is 1.20. The van der Waals surface area contributed by atoms with Crippen LogP contribution < -0.4 is 0 Å². The van der Waals surface area contributed by atoms with Gasteiger partial charge < -0.3 is 4.74 Å². The molecule has 0 aliphatic heterocycles. The molecule has 0 heterocycles. The summed E-state index contributed by atoms with van der Waals surface area (Å²) in [5.41, 5.74) is 0. The van der Waals surface area contributed by atoms with Gasteiger partial charge in [-0.3, -0.25) is 10.1 Å². The summed E-state index contributed by atoms with van der Waals surface area (Å²) in [6.07, 6.45) is -0.276. The van der Waals surface area contributed by atoms with Gasteiger partial charge in [0.05, 0.1) is 0 Å². The van der Waals surface area contributed by atoms with Crippen LogP contribution in [0.2, 0.25) is 0 Å². The molecule has 0 radical (unpaired) electrons. The van der Waals surface area contributed by atoms with Crippen LogP contribution in [0, 0.1) is 10.1 Å². The largest absolute Gasteiger partial charge is 0.367 e. The molecule has 0 spiro atoms. The molecule has 7 heteroatoms. The minimum atomic E-state index is -1.75. The molecule has 0 fully saturated rings. The van der Waals surface area contributed by atoms with Crippen LogP contribution >= 0.6 is 34.8 Å². The summed E-state index contributed by atoms with van der Waals surface area (Å²) in [6.45, 7) is 1.70. The van der Waals surface area contributed by atoms with Crippen LogP contribution in [-0.4, -0.2) is 28.0 Å². The fraction of sp³-hybridized carbons (Fsp3) is 1.00. The number of halogens is 3. The van der Waals surface area contributed by atoms with Crippen LogP contribution in [0.25, 0.3) is 0 Å². The summed E-state index contributed by atoms with van der Waals surface area (Å²) in [6, 6.07) is 0. The van der Waals surface area contributed by atoms with Crippen molar-refractivity contribution >= 4 is 34.8 Å². The van der Waals surface area contributed by atoms with Crippen LogP contribution in [-0.2, 0) is 4.74 Å². The fourth-order valence-electron chi connectivity index (χ4n) is 0.646. The lowest BCUT2D eigenvalue weighted by Crippen LogP contribution is -2.35. The zero-order chi connectivity index (χ0) is 10.5. The second-order valence-electron chi connectivity index (χ2n) is 2.42. The maximum Gasteiger partial charge on any atom is 0.233 e. The normalized spacial score (nSPS) is 14.2. The monoisotopic (exact) mass is 249 g/mol. The Morgan fingerprint density at radius 3 is 2.38 bits per heavy atom. The van der Waals surface area contributed by atoms with Crippen molar-refractivity contribution in [2.75, 3.05) is 13.2 Å². The molecule has 0 saturated carbocycles. The Bertz CT molecular complexity index is 171. The fourth-order valence-corrected chi connectivity index (χ4v) is 1.04. The SMILES string of the molecule is CCCO[C@@H](C[N+](=O)[O-])C(Cl)(Cl)Cl. The molecule has 13 heavy (non-hydrogen) atoms. The minimum absolute atomic E-state index is 0.340. The molecule has 0 amide bonds. The van der Waals surface area contributed by atoms with Crippen LogP contribution in [0.4, 0.5) is 0 Å². The summed E-state index contributed by atoms with van der Waals surface area (Å²) in [4.78, 5) is 9.60. The van der Waals surface area contributed by atoms with E-state index in [0.717, 1.165) is 6.42 Å². The Balaban J connectivity index is 4.11. The summed E-state index contributed by atoms with van der Waals surface area (Å²) in [5, 5.41) is 10.2. The van der Waals surface area contributed by atoms with E-state index in [1.165, 1.54) is 0 Å². The number of alkyl halides is 3. The van der Waals surface area contributed by atoms with E-state index in [0.29, 0.717) is 6.61 Å². The topological polar surface area (TPSA) is 52.4 Å². The van der Waals surface area contributed by atoms with Crippen molar-refractivity contribution < 1.29 is 9.66 Å². The minimum Gasteiger partial charge on any atom is -0.367 e. The van der Waals surface area contributed by atoms with Gasteiger partial charge >= 0.3 is 0 Å².